The van der Waals surface area contributed by atoms with Gasteiger partial charge in [-0.3, -0.25) is 9.48 Å². The van der Waals surface area contributed by atoms with Crippen LogP contribution in [0.15, 0.2) is 30.6 Å². The van der Waals surface area contributed by atoms with Crippen LogP contribution in [0.5, 0.6) is 0 Å². The number of rotatable bonds is 4. The van der Waals surface area contributed by atoms with Crippen molar-refractivity contribution in [1.29, 1.82) is 0 Å². The smallest absolute Gasteiger partial charge is 0.252 e. The van der Waals surface area contributed by atoms with Crippen molar-refractivity contribution < 1.29 is 4.79 Å². The van der Waals surface area contributed by atoms with Crippen LogP contribution < -0.4 is 10.2 Å². The molecule has 0 radical (unpaired) electrons. The predicted octanol–water partition coefficient (Wildman–Crippen LogP) is 1.97. The molecular formula is C19H27N5O. The fourth-order valence-electron chi connectivity index (χ4n) is 3.14. The minimum atomic E-state index is -0.0760. The van der Waals surface area contributed by atoms with Gasteiger partial charge in [0.1, 0.15) is 0 Å². The van der Waals surface area contributed by atoms with Crippen molar-refractivity contribution in [3.05, 3.63) is 47.3 Å². The SMILES string of the molecule is Cc1ccc(N2CCN(C)CC2)cc1C(=O)N[C@H](C)c1cnn(C)c1. The number of piperazine rings is 1. The van der Waals surface area contributed by atoms with Gasteiger partial charge >= 0.3 is 0 Å². The van der Waals surface area contributed by atoms with Gasteiger partial charge in [0.2, 0.25) is 0 Å². The number of aryl methyl sites for hydroxylation is 2. The average Bonchev–Trinajstić information content (AvgIpc) is 3.02. The second kappa shape index (κ2) is 7.27. The molecule has 1 aromatic heterocycles. The fraction of sp³-hybridized carbons (Fsp3) is 0.474. The Hall–Kier alpha value is -2.34. The number of nitrogens with one attached hydrogen (secondary N) is 1. The minimum Gasteiger partial charge on any atom is -0.369 e. The summed E-state index contributed by atoms with van der Waals surface area (Å²) in [5.41, 5.74) is 3.86. The molecule has 0 unspecified atom stereocenters. The Morgan fingerprint density at radius 2 is 1.92 bits per heavy atom. The molecule has 0 saturated carbocycles. The first kappa shape index (κ1) is 17.5. The largest absolute Gasteiger partial charge is 0.369 e. The standard InChI is InChI=1S/C19H27N5O/c1-14-5-6-17(24-9-7-22(3)8-10-24)11-18(14)19(25)21-15(2)16-12-20-23(4)13-16/h5-6,11-13,15H,7-10H2,1-4H3,(H,21,25)/t15-/m1/s1. The zero-order valence-corrected chi connectivity index (χ0v) is 15.5. The monoisotopic (exact) mass is 341 g/mol. The van der Waals surface area contributed by atoms with Crippen LogP contribution in [0.1, 0.15) is 34.5 Å². The van der Waals surface area contributed by atoms with Gasteiger partial charge in [-0.05, 0) is 38.6 Å². The molecule has 1 aromatic carbocycles. The quantitative estimate of drug-likeness (QED) is 0.924. The van der Waals surface area contributed by atoms with Crippen molar-refractivity contribution in [3.63, 3.8) is 0 Å². The molecule has 1 aliphatic rings. The third-order valence-corrected chi connectivity index (χ3v) is 4.91. The number of amides is 1. The van der Waals surface area contributed by atoms with Crippen LogP contribution in [0.4, 0.5) is 5.69 Å². The van der Waals surface area contributed by atoms with E-state index in [0.29, 0.717) is 0 Å². The molecule has 6 nitrogen and oxygen atoms in total. The first-order valence-corrected chi connectivity index (χ1v) is 8.77. The first-order valence-electron chi connectivity index (χ1n) is 8.77. The molecule has 0 bridgehead atoms. The molecule has 3 rings (SSSR count). The highest BCUT2D eigenvalue weighted by molar-refractivity contribution is 5.96. The lowest BCUT2D eigenvalue weighted by molar-refractivity contribution is 0.0939. The Morgan fingerprint density at radius 1 is 1.20 bits per heavy atom. The Bertz CT molecular complexity index is 746. The lowest BCUT2D eigenvalue weighted by Crippen LogP contribution is -2.44. The van der Waals surface area contributed by atoms with Gasteiger partial charge in [-0.2, -0.15) is 5.10 Å². The van der Waals surface area contributed by atoms with Crippen molar-refractivity contribution >= 4 is 11.6 Å². The summed E-state index contributed by atoms with van der Waals surface area (Å²) >= 11 is 0. The lowest BCUT2D eigenvalue weighted by Gasteiger charge is -2.34. The van der Waals surface area contributed by atoms with Gasteiger partial charge in [-0.15, -0.1) is 0 Å². The predicted molar refractivity (Wildman–Crippen MR) is 100.0 cm³/mol. The molecule has 25 heavy (non-hydrogen) atoms. The van der Waals surface area contributed by atoms with E-state index in [-0.39, 0.29) is 11.9 Å². The van der Waals surface area contributed by atoms with E-state index in [2.05, 4.69) is 33.3 Å². The second-order valence-electron chi connectivity index (χ2n) is 6.93. The topological polar surface area (TPSA) is 53.4 Å². The lowest BCUT2D eigenvalue weighted by atomic mass is 10.1. The Morgan fingerprint density at radius 3 is 2.56 bits per heavy atom. The zero-order chi connectivity index (χ0) is 18.0. The van der Waals surface area contributed by atoms with Crippen LogP contribution >= 0.6 is 0 Å². The van der Waals surface area contributed by atoms with E-state index in [0.717, 1.165) is 48.6 Å². The summed E-state index contributed by atoms with van der Waals surface area (Å²) < 4.78 is 1.75. The molecule has 1 amide bonds. The molecule has 1 N–H and O–H groups in total. The van der Waals surface area contributed by atoms with Gasteiger partial charge in [0.25, 0.3) is 5.91 Å². The second-order valence-corrected chi connectivity index (χ2v) is 6.93. The Kier molecular flexibility index (Phi) is 5.08. The molecule has 1 saturated heterocycles. The van der Waals surface area contributed by atoms with Crippen LogP contribution in [0.25, 0.3) is 0 Å². The highest BCUT2D eigenvalue weighted by Gasteiger charge is 2.18. The number of likely N-dealkylation sites (N-methyl/N-ethyl adjacent to an activating group) is 1. The summed E-state index contributed by atoms with van der Waals surface area (Å²) in [5.74, 6) is -0.0372. The molecule has 2 aromatic rings. The number of anilines is 1. The van der Waals surface area contributed by atoms with E-state index < -0.39 is 0 Å². The van der Waals surface area contributed by atoms with E-state index in [1.165, 1.54) is 0 Å². The van der Waals surface area contributed by atoms with E-state index in [4.69, 9.17) is 0 Å². The fourth-order valence-corrected chi connectivity index (χ4v) is 3.14. The third kappa shape index (κ3) is 4.02. The van der Waals surface area contributed by atoms with Crippen LogP contribution in [0, 0.1) is 6.92 Å². The molecule has 0 spiro atoms. The maximum atomic E-state index is 12.8. The average molecular weight is 341 g/mol. The van der Waals surface area contributed by atoms with Crippen LogP contribution in [-0.4, -0.2) is 53.8 Å². The van der Waals surface area contributed by atoms with Gasteiger partial charge in [0, 0.05) is 56.2 Å². The van der Waals surface area contributed by atoms with Crippen molar-refractivity contribution in [1.82, 2.24) is 20.0 Å². The minimum absolute atomic E-state index is 0.0372. The summed E-state index contributed by atoms with van der Waals surface area (Å²) in [6.45, 7) is 8.05. The first-order chi connectivity index (χ1) is 11.9. The van der Waals surface area contributed by atoms with E-state index in [1.54, 1.807) is 10.9 Å². The normalized spacial score (nSPS) is 16.7. The summed E-state index contributed by atoms with van der Waals surface area (Å²) in [4.78, 5) is 17.5. The number of carbonyl (C=O) groups excluding carboxylic acids is 1. The summed E-state index contributed by atoms with van der Waals surface area (Å²) in [5, 5.41) is 7.26. The number of hydrogen-bond acceptors (Lipinski definition) is 4. The highest BCUT2D eigenvalue weighted by atomic mass is 16.1. The highest BCUT2D eigenvalue weighted by Crippen LogP contribution is 2.21. The van der Waals surface area contributed by atoms with Gasteiger partial charge < -0.3 is 15.1 Å². The molecular weight excluding hydrogens is 314 g/mol. The van der Waals surface area contributed by atoms with Gasteiger partial charge in [0.15, 0.2) is 0 Å². The van der Waals surface area contributed by atoms with E-state index in [1.807, 2.05) is 39.2 Å². The van der Waals surface area contributed by atoms with Crippen LogP contribution in [0.3, 0.4) is 0 Å². The molecule has 2 heterocycles. The van der Waals surface area contributed by atoms with Crippen LogP contribution in [-0.2, 0) is 7.05 Å². The number of nitrogens with zero attached hydrogens (tertiary/aromatic N) is 4. The number of benzene rings is 1. The molecule has 1 atom stereocenters. The van der Waals surface area contributed by atoms with Crippen molar-refractivity contribution in [2.45, 2.75) is 19.9 Å². The number of aromatic nitrogens is 2. The molecule has 134 valence electrons. The van der Waals surface area contributed by atoms with Crippen molar-refractivity contribution in [2.24, 2.45) is 7.05 Å². The van der Waals surface area contributed by atoms with Gasteiger partial charge in [-0.25, -0.2) is 0 Å². The van der Waals surface area contributed by atoms with E-state index in [9.17, 15) is 4.79 Å². The third-order valence-electron chi connectivity index (χ3n) is 4.91. The Balaban J connectivity index is 1.74. The van der Waals surface area contributed by atoms with E-state index >= 15 is 0 Å². The molecule has 0 aliphatic carbocycles. The van der Waals surface area contributed by atoms with Crippen molar-refractivity contribution in [3.8, 4) is 0 Å². The van der Waals surface area contributed by atoms with Gasteiger partial charge in [0.05, 0.1) is 12.2 Å². The maximum Gasteiger partial charge on any atom is 0.252 e. The summed E-state index contributed by atoms with van der Waals surface area (Å²) in [7, 11) is 4.02. The number of carbonyl (C=O) groups is 1. The van der Waals surface area contributed by atoms with Crippen molar-refractivity contribution in [2.75, 3.05) is 38.1 Å². The van der Waals surface area contributed by atoms with Crippen LogP contribution in [0.2, 0.25) is 0 Å². The zero-order valence-electron chi connectivity index (χ0n) is 15.5. The summed E-state index contributed by atoms with van der Waals surface area (Å²) in [6.07, 6.45) is 3.72. The molecule has 1 aliphatic heterocycles. The molecule has 6 heteroatoms. The summed E-state index contributed by atoms with van der Waals surface area (Å²) in [6, 6.07) is 6.10. The maximum absolute atomic E-state index is 12.8. The number of hydrogen-bond donors (Lipinski definition) is 1. The molecule has 1 fully saturated rings. The Labute approximate surface area is 149 Å². The van der Waals surface area contributed by atoms with Gasteiger partial charge in [-0.1, -0.05) is 6.07 Å².